The molecule has 0 radical (unpaired) electrons. The highest BCUT2D eigenvalue weighted by Gasteiger charge is 2.37. The van der Waals surface area contributed by atoms with E-state index in [1.165, 1.54) is 38.6 Å². The van der Waals surface area contributed by atoms with Gasteiger partial charge in [-0.05, 0) is 37.1 Å². The lowest BCUT2D eigenvalue weighted by molar-refractivity contribution is 0.00910. The van der Waals surface area contributed by atoms with Crippen molar-refractivity contribution in [3.63, 3.8) is 0 Å². The molecule has 1 nitrogen and oxygen atoms in total. The van der Waals surface area contributed by atoms with Gasteiger partial charge in [0.1, 0.15) is 0 Å². The Kier molecular flexibility index (Phi) is 6.70. The summed E-state index contributed by atoms with van der Waals surface area (Å²) in [4.78, 5) is 2.58. The fourth-order valence-corrected chi connectivity index (χ4v) is 4.08. The molecular formula is C17H35N. The van der Waals surface area contributed by atoms with Gasteiger partial charge in [-0.25, -0.2) is 0 Å². The summed E-state index contributed by atoms with van der Waals surface area (Å²) in [5, 5.41) is 0. The van der Waals surface area contributed by atoms with Gasteiger partial charge in [0, 0.05) is 12.6 Å². The quantitative estimate of drug-likeness (QED) is 0.600. The second-order valence-corrected chi connectivity index (χ2v) is 6.54. The van der Waals surface area contributed by atoms with Crippen molar-refractivity contribution in [2.24, 2.45) is 23.7 Å². The molecule has 0 N–H and O–H groups in total. The van der Waals surface area contributed by atoms with Gasteiger partial charge in [-0.15, -0.1) is 0 Å². The lowest BCUT2D eigenvalue weighted by Crippen LogP contribution is -2.54. The topological polar surface area (TPSA) is 3.24 Å². The van der Waals surface area contributed by atoms with Crippen LogP contribution in [0.2, 0.25) is 0 Å². The normalized spacial score (nSPS) is 29.7. The third kappa shape index (κ3) is 3.50. The van der Waals surface area contributed by atoms with Crippen molar-refractivity contribution in [2.75, 3.05) is 13.6 Å². The van der Waals surface area contributed by atoms with Crippen molar-refractivity contribution in [2.45, 2.75) is 72.8 Å². The molecular weight excluding hydrogens is 218 g/mol. The zero-order valence-electron chi connectivity index (χ0n) is 13.6. The lowest BCUT2D eigenvalue weighted by atomic mass is 9.71. The molecule has 18 heavy (non-hydrogen) atoms. The fraction of sp³-hybridized carbons (Fsp3) is 1.00. The average molecular weight is 253 g/mol. The van der Waals surface area contributed by atoms with E-state index in [1.807, 2.05) is 0 Å². The third-order valence-corrected chi connectivity index (χ3v) is 5.68. The minimum atomic E-state index is 0.873. The van der Waals surface area contributed by atoms with E-state index in [9.17, 15) is 0 Å². The van der Waals surface area contributed by atoms with Crippen LogP contribution >= 0.6 is 0 Å². The maximum absolute atomic E-state index is 2.58. The van der Waals surface area contributed by atoms with E-state index in [-0.39, 0.29) is 0 Å². The van der Waals surface area contributed by atoms with Crippen molar-refractivity contribution in [1.29, 1.82) is 0 Å². The summed E-state index contributed by atoms with van der Waals surface area (Å²) >= 11 is 0. The molecule has 108 valence electrons. The molecule has 5 atom stereocenters. The van der Waals surface area contributed by atoms with Crippen molar-refractivity contribution in [3.8, 4) is 0 Å². The molecule has 1 aliphatic rings. The Balaban J connectivity index is 2.59. The fourth-order valence-electron chi connectivity index (χ4n) is 4.08. The second-order valence-electron chi connectivity index (χ2n) is 6.54. The number of hydrogen-bond donors (Lipinski definition) is 0. The number of nitrogens with zero attached hydrogens (tertiary/aromatic N) is 1. The van der Waals surface area contributed by atoms with Gasteiger partial charge in [0.2, 0.25) is 0 Å². The Morgan fingerprint density at radius 1 is 1.06 bits per heavy atom. The van der Waals surface area contributed by atoms with Gasteiger partial charge in [0.25, 0.3) is 0 Å². The summed E-state index contributed by atoms with van der Waals surface area (Å²) in [6.45, 7) is 13.3. The van der Waals surface area contributed by atoms with E-state index in [4.69, 9.17) is 0 Å². The third-order valence-electron chi connectivity index (χ3n) is 5.68. The van der Waals surface area contributed by atoms with Crippen molar-refractivity contribution in [1.82, 2.24) is 4.90 Å². The molecule has 1 heteroatoms. The van der Waals surface area contributed by atoms with E-state index in [0.717, 1.165) is 29.7 Å². The molecule has 0 bridgehead atoms. The van der Waals surface area contributed by atoms with E-state index in [1.54, 1.807) is 0 Å². The van der Waals surface area contributed by atoms with Gasteiger partial charge < -0.3 is 4.90 Å². The van der Waals surface area contributed by atoms with Crippen LogP contribution in [0.25, 0.3) is 0 Å². The van der Waals surface area contributed by atoms with Crippen molar-refractivity contribution < 1.29 is 0 Å². The van der Waals surface area contributed by atoms with Crippen LogP contribution in [0.1, 0.15) is 66.7 Å². The zero-order chi connectivity index (χ0) is 13.7. The van der Waals surface area contributed by atoms with Gasteiger partial charge in [0.15, 0.2) is 0 Å². The predicted octanol–water partition coefficient (Wildman–Crippen LogP) is 4.82. The monoisotopic (exact) mass is 253 g/mol. The number of hydrogen-bond acceptors (Lipinski definition) is 1. The molecule has 0 aromatic carbocycles. The summed E-state index contributed by atoms with van der Waals surface area (Å²) in [5.41, 5.74) is 0. The molecule has 0 aromatic heterocycles. The summed E-state index contributed by atoms with van der Waals surface area (Å²) in [6, 6.07) is 0.873. The standard InChI is InChI=1S/C17H35N/c1-7-13(5)16(10-4)14(8-2)11-17-15(9-3)12-18(17)6/h13-17H,7-12H2,1-6H3. The molecule has 1 fully saturated rings. The minimum absolute atomic E-state index is 0.873. The first-order valence-corrected chi connectivity index (χ1v) is 8.29. The molecule has 1 saturated heterocycles. The molecule has 1 heterocycles. The first-order chi connectivity index (χ1) is 8.58. The molecule has 1 rings (SSSR count). The molecule has 5 unspecified atom stereocenters. The summed E-state index contributed by atoms with van der Waals surface area (Å²) in [6.07, 6.45) is 6.87. The highest BCUT2D eigenvalue weighted by Crippen LogP contribution is 2.38. The Labute approximate surface area is 115 Å². The van der Waals surface area contributed by atoms with E-state index in [2.05, 4.69) is 46.6 Å². The lowest BCUT2D eigenvalue weighted by Gasteiger charge is -2.48. The Morgan fingerprint density at radius 3 is 2.11 bits per heavy atom. The Hall–Kier alpha value is -0.0400. The zero-order valence-corrected chi connectivity index (χ0v) is 13.6. The van der Waals surface area contributed by atoms with Crippen LogP contribution in [0, 0.1) is 23.7 Å². The van der Waals surface area contributed by atoms with Crippen LogP contribution in [0.5, 0.6) is 0 Å². The van der Waals surface area contributed by atoms with Crippen LogP contribution in [-0.2, 0) is 0 Å². The molecule has 0 amide bonds. The first kappa shape index (κ1) is 16.0. The maximum Gasteiger partial charge on any atom is 0.0135 e. The van der Waals surface area contributed by atoms with Crippen LogP contribution in [0.3, 0.4) is 0 Å². The van der Waals surface area contributed by atoms with E-state index >= 15 is 0 Å². The number of likely N-dealkylation sites (tertiary alicyclic amines) is 1. The largest absolute Gasteiger partial charge is 0.303 e. The van der Waals surface area contributed by atoms with Gasteiger partial charge in [-0.1, -0.05) is 60.3 Å². The summed E-state index contributed by atoms with van der Waals surface area (Å²) in [7, 11) is 2.31. The van der Waals surface area contributed by atoms with Crippen LogP contribution in [0.15, 0.2) is 0 Å². The molecule has 0 saturated carbocycles. The molecule has 0 aliphatic carbocycles. The highest BCUT2D eigenvalue weighted by molar-refractivity contribution is 4.91. The first-order valence-electron chi connectivity index (χ1n) is 8.29. The predicted molar refractivity (Wildman–Crippen MR) is 81.8 cm³/mol. The highest BCUT2D eigenvalue weighted by atomic mass is 15.2. The Bertz CT molecular complexity index is 226. The Morgan fingerprint density at radius 2 is 1.72 bits per heavy atom. The SMILES string of the molecule is CCC(C)C(CC)C(CC)CC1C(CC)CN1C. The van der Waals surface area contributed by atoms with Gasteiger partial charge in [-0.3, -0.25) is 0 Å². The average Bonchev–Trinajstić information content (AvgIpc) is 2.39. The molecule has 0 aromatic rings. The molecule has 1 aliphatic heterocycles. The van der Waals surface area contributed by atoms with Crippen molar-refractivity contribution in [3.05, 3.63) is 0 Å². The summed E-state index contributed by atoms with van der Waals surface area (Å²) in [5.74, 6) is 3.74. The van der Waals surface area contributed by atoms with Crippen molar-refractivity contribution >= 4 is 0 Å². The van der Waals surface area contributed by atoms with Gasteiger partial charge >= 0.3 is 0 Å². The second kappa shape index (κ2) is 7.53. The maximum atomic E-state index is 2.58. The smallest absolute Gasteiger partial charge is 0.0135 e. The van der Waals surface area contributed by atoms with Crippen LogP contribution < -0.4 is 0 Å². The minimum Gasteiger partial charge on any atom is -0.303 e. The van der Waals surface area contributed by atoms with E-state index in [0.29, 0.717) is 0 Å². The van der Waals surface area contributed by atoms with Gasteiger partial charge in [-0.2, -0.15) is 0 Å². The van der Waals surface area contributed by atoms with E-state index < -0.39 is 0 Å². The van der Waals surface area contributed by atoms with Gasteiger partial charge in [0.05, 0.1) is 0 Å². The number of rotatable bonds is 8. The molecule has 0 spiro atoms. The summed E-state index contributed by atoms with van der Waals surface area (Å²) < 4.78 is 0. The van der Waals surface area contributed by atoms with Crippen LogP contribution in [0.4, 0.5) is 0 Å². The van der Waals surface area contributed by atoms with Crippen LogP contribution in [-0.4, -0.2) is 24.5 Å².